The molecule has 0 unspecified atom stereocenters. The molecule has 0 aliphatic carbocycles. The van der Waals surface area contributed by atoms with E-state index in [-0.39, 0.29) is 11.6 Å². The van der Waals surface area contributed by atoms with Crippen LogP contribution < -0.4 is 0 Å². The number of hydrogen-bond acceptors (Lipinski definition) is 4. The van der Waals surface area contributed by atoms with Crippen LogP contribution in [0.25, 0.3) is 0 Å². The molecule has 0 saturated carbocycles. The van der Waals surface area contributed by atoms with E-state index in [1.807, 2.05) is 36.5 Å². The average molecular weight is 393 g/mol. The van der Waals surface area contributed by atoms with Crippen molar-refractivity contribution in [1.82, 2.24) is 9.47 Å². The molecule has 0 bridgehead atoms. The summed E-state index contributed by atoms with van der Waals surface area (Å²) < 4.78 is 7.27. The molecule has 0 spiro atoms. The second-order valence-corrected chi connectivity index (χ2v) is 6.64. The van der Waals surface area contributed by atoms with Gasteiger partial charge in [0, 0.05) is 49.8 Å². The van der Waals surface area contributed by atoms with Crippen molar-refractivity contribution >= 4 is 11.6 Å². The number of nitrogens with zero attached hydrogens (tertiary/aromatic N) is 3. The van der Waals surface area contributed by atoms with E-state index >= 15 is 0 Å². The monoisotopic (exact) mass is 393 g/mol. The van der Waals surface area contributed by atoms with Crippen LogP contribution in [0.3, 0.4) is 0 Å². The molecule has 0 atom stereocenters. The molecular weight excluding hydrogens is 370 g/mol. The first-order chi connectivity index (χ1) is 14.1. The van der Waals surface area contributed by atoms with Crippen molar-refractivity contribution in [3.05, 3.63) is 99.9 Å². The minimum absolute atomic E-state index is 0.0401. The maximum atomic E-state index is 13.0. The third-order valence-corrected chi connectivity index (χ3v) is 4.65. The van der Waals surface area contributed by atoms with Gasteiger partial charge in [-0.1, -0.05) is 30.3 Å². The van der Waals surface area contributed by atoms with E-state index in [1.165, 1.54) is 29.8 Å². The lowest BCUT2D eigenvalue weighted by Gasteiger charge is -2.23. The van der Waals surface area contributed by atoms with Gasteiger partial charge in [-0.3, -0.25) is 14.9 Å². The summed E-state index contributed by atoms with van der Waals surface area (Å²) in [7, 11) is 1.59. The number of rotatable bonds is 9. The highest BCUT2D eigenvalue weighted by molar-refractivity contribution is 5.94. The highest BCUT2D eigenvalue weighted by atomic mass is 16.6. The molecule has 0 aliphatic rings. The summed E-state index contributed by atoms with van der Waals surface area (Å²) in [5.74, 6) is -0.190. The molecule has 1 heterocycles. The zero-order chi connectivity index (χ0) is 20.6. The Bertz CT molecular complexity index is 952. The highest BCUT2D eigenvalue weighted by Crippen LogP contribution is 2.16. The van der Waals surface area contributed by atoms with Crippen LogP contribution in [0.5, 0.6) is 0 Å². The number of methoxy groups -OCH3 is 1. The van der Waals surface area contributed by atoms with Crippen molar-refractivity contribution in [1.29, 1.82) is 0 Å². The number of carbonyl (C=O) groups is 1. The van der Waals surface area contributed by atoms with Crippen molar-refractivity contribution in [2.45, 2.75) is 13.1 Å². The molecule has 0 fully saturated rings. The van der Waals surface area contributed by atoms with Gasteiger partial charge in [0.15, 0.2) is 0 Å². The lowest BCUT2D eigenvalue weighted by Crippen LogP contribution is -2.34. The topological polar surface area (TPSA) is 77.6 Å². The Labute approximate surface area is 169 Å². The summed E-state index contributed by atoms with van der Waals surface area (Å²) >= 11 is 0. The van der Waals surface area contributed by atoms with Gasteiger partial charge >= 0.3 is 0 Å². The molecule has 1 amide bonds. The van der Waals surface area contributed by atoms with Crippen molar-refractivity contribution < 1.29 is 14.5 Å². The van der Waals surface area contributed by atoms with Crippen LogP contribution in [-0.2, 0) is 17.8 Å². The van der Waals surface area contributed by atoms with E-state index in [4.69, 9.17) is 4.74 Å². The fourth-order valence-corrected chi connectivity index (χ4v) is 3.09. The summed E-state index contributed by atoms with van der Waals surface area (Å²) in [5, 5.41) is 10.8. The van der Waals surface area contributed by atoms with Gasteiger partial charge in [0.05, 0.1) is 18.1 Å². The number of carbonyl (C=O) groups excluding carboxylic acids is 1. The minimum Gasteiger partial charge on any atom is -0.383 e. The number of ether oxygens (including phenoxy) is 1. The number of non-ortho nitro benzene ring substituents is 1. The number of aromatic nitrogens is 1. The van der Waals surface area contributed by atoms with Gasteiger partial charge in [0.1, 0.15) is 0 Å². The standard InChI is InChI=1S/C22H23N3O4/c1-29-15-14-24(22(26)19-9-11-20(12-10-19)25(27)28)17-21-8-5-13-23(21)16-18-6-3-2-4-7-18/h2-13H,14-17H2,1H3. The number of benzene rings is 2. The molecule has 7 nitrogen and oxygen atoms in total. The Morgan fingerprint density at radius 1 is 1.07 bits per heavy atom. The fraction of sp³-hybridized carbons (Fsp3) is 0.227. The van der Waals surface area contributed by atoms with Gasteiger partial charge in [-0.05, 0) is 29.8 Å². The normalized spacial score (nSPS) is 10.7. The molecule has 0 N–H and O–H groups in total. The molecule has 0 radical (unpaired) electrons. The van der Waals surface area contributed by atoms with Crippen molar-refractivity contribution in [2.24, 2.45) is 0 Å². The second kappa shape index (κ2) is 9.66. The maximum absolute atomic E-state index is 13.0. The number of amides is 1. The van der Waals surface area contributed by atoms with Crippen molar-refractivity contribution in [3.63, 3.8) is 0 Å². The Morgan fingerprint density at radius 2 is 1.79 bits per heavy atom. The summed E-state index contributed by atoms with van der Waals surface area (Å²) in [6.07, 6.45) is 1.99. The van der Waals surface area contributed by atoms with Crippen molar-refractivity contribution in [3.8, 4) is 0 Å². The zero-order valence-corrected chi connectivity index (χ0v) is 16.2. The van der Waals surface area contributed by atoms with E-state index in [0.29, 0.717) is 31.8 Å². The van der Waals surface area contributed by atoms with Crippen LogP contribution in [0, 0.1) is 10.1 Å². The number of nitro groups is 1. The van der Waals surface area contributed by atoms with Gasteiger partial charge in [0.25, 0.3) is 11.6 Å². The predicted molar refractivity (Wildman–Crippen MR) is 110 cm³/mol. The third-order valence-electron chi connectivity index (χ3n) is 4.65. The first-order valence-electron chi connectivity index (χ1n) is 9.29. The predicted octanol–water partition coefficient (Wildman–Crippen LogP) is 3.73. The van der Waals surface area contributed by atoms with Crippen LogP contribution in [-0.4, -0.2) is 40.6 Å². The molecular formula is C22H23N3O4. The first-order valence-corrected chi connectivity index (χ1v) is 9.29. The zero-order valence-electron chi connectivity index (χ0n) is 16.2. The Morgan fingerprint density at radius 3 is 2.45 bits per heavy atom. The quantitative estimate of drug-likeness (QED) is 0.410. The molecule has 0 saturated heterocycles. The molecule has 7 heteroatoms. The SMILES string of the molecule is COCCN(Cc1cccn1Cc1ccccc1)C(=O)c1ccc([N+](=O)[O-])cc1. The molecule has 3 rings (SSSR count). The lowest BCUT2D eigenvalue weighted by atomic mass is 10.1. The van der Waals surface area contributed by atoms with Crippen LogP contribution >= 0.6 is 0 Å². The van der Waals surface area contributed by atoms with Gasteiger partial charge in [-0.25, -0.2) is 0 Å². The van der Waals surface area contributed by atoms with Gasteiger partial charge in [0.2, 0.25) is 0 Å². The van der Waals surface area contributed by atoms with Crippen LogP contribution in [0.15, 0.2) is 72.9 Å². The molecule has 2 aromatic carbocycles. The van der Waals surface area contributed by atoms with Gasteiger partial charge < -0.3 is 14.2 Å². The summed E-state index contributed by atoms with van der Waals surface area (Å²) in [6, 6.07) is 19.7. The number of hydrogen-bond donors (Lipinski definition) is 0. The van der Waals surface area contributed by atoms with E-state index in [0.717, 1.165) is 5.69 Å². The Hall–Kier alpha value is -3.45. The minimum atomic E-state index is -0.479. The lowest BCUT2D eigenvalue weighted by molar-refractivity contribution is -0.384. The second-order valence-electron chi connectivity index (χ2n) is 6.64. The largest absolute Gasteiger partial charge is 0.383 e. The average Bonchev–Trinajstić information content (AvgIpc) is 3.18. The van der Waals surface area contributed by atoms with E-state index in [2.05, 4.69) is 16.7 Å². The maximum Gasteiger partial charge on any atom is 0.269 e. The Kier molecular flexibility index (Phi) is 6.76. The fourth-order valence-electron chi connectivity index (χ4n) is 3.09. The molecule has 3 aromatic rings. The molecule has 1 aromatic heterocycles. The van der Waals surface area contributed by atoms with Gasteiger partial charge in [-0.2, -0.15) is 0 Å². The highest BCUT2D eigenvalue weighted by Gasteiger charge is 2.18. The third kappa shape index (κ3) is 5.30. The van der Waals surface area contributed by atoms with Gasteiger partial charge in [-0.15, -0.1) is 0 Å². The van der Waals surface area contributed by atoms with Crippen LogP contribution in [0.1, 0.15) is 21.6 Å². The van der Waals surface area contributed by atoms with Crippen molar-refractivity contribution in [2.75, 3.05) is 20.3 Å². The van der Waals surface area contributed by atoms with Crippen LogP contribution in [0.4, 0.5) is 5.69 Å². The summed E-state index contributed by atoms with van der Waals surface area (Å²) in [6.45, 7) is 1.95. The molecule has 0 aliphatic heterocycles. The van der Waals surface area contributed by atoms with E-state index in [1.54, 1.807) is 12.0 Å². The van der Waals surface area contributed by atoms with E-state index in [9.17, 15) is 14.9 Å². The summed E-state index contributed by atoms with van der Waals surface area (Å²) in [4.78, 5) is 25.1. The first kappa shape index (κ1) is 20.3. The molecule has 150 valence electrons. The summed E-state index contributed by atoms with van der Waals surface area (Å²) in [5.41, 5.74) is 2.55. The van der Waals surface area contributed by atoms with E-state index < -0.39 is 4.92 Å². The van der Waals surface area contributed by atoms with Crippen LogP contribution in [0.2, 0.25) is 0 Å². The Balaban J connectivity index is 1.78. The smallest absolute Gasteiger partial charge is 0.269 e. The number of nitro benzene ring substituents is 1. The molecule has 29 heavy (non-hydrogen) atoms.